The van der Waals surface area contributed by atoms with Crippen molar-refractivity contribution in [2.24, 2.45) is 5.11 Å². The molecule has 17 nitrogen and oxygen atoms in total. The third-order valence-electron chi connectivity index (χ3n) is 10.5. The number of hydrogen-bond donors (Lipinski definition) is 0. The van der Waals surface area contributed by atoms with E-state index >= 15 is 0 Å². The van der Waals surface area contributed by atoms with Crippen LogP contribution in [-0.4, -0.2) is 55.0 Å². The summed E-state index contributed by atoms with van der Waals surface area (Å²) < 4.78 is 3.45. The number of carbonyl (C=O) groups excluding carboxylic acids is 4. The number of alkyl halides is 1. The molecule has 4 heterocycles. The minimum Gasteiger partial charge on any atom is -0.311 e. The van der Waals surface area contributed by atoms with Gasteiger partial charge in [-0.15, -0.1) is 0 Å². The fraction of sp³-hybridized carbons (Fsp3) is 0.182. The smallest absolute Gasteiger partial charge is 0.311 e. The number of halogens is 1. The third-order valence-corrected chi connectivity index (χ3v) is 11.1. The molecule has 18 heteroatoms. The second-order valence-electron chi connectivity index (χ2n) is 14.1. The molecule has 2 aromatic heterocycles. The highest BCUT2D eigenvalue weighted by Crippen LogP contribution is 2.29. The van der Waals surface area contributed by atoms with Gasteiger partial charge in [-0.3, -0.25) is 37.9 Å². The highest BCUT2D eigenvalue weighted by atomic mass is 79.9. The molecule has 2 amide bonds. The third kappa shape index (κ3) is 8.63. The predicted molar refractivity (Wildman–Crippen MR) is 233 cm³/mol. The van der Waals surface area contributed by atoms with Crippen molar-refractivity contribution in [2.45, 2.75) is 36.8 Å². The number of amides is 2. The molecule has 0 aliphatic carbocycles. The first-order valence-corrected chi connectivity index (χ1v) is 20.4. The zero-order chi connectivity index (χ0) is 43.9. The summed E-state index contributed by atoms with van der Waals surface area (Å²) in [6, 6.07) is 31.3. The van der Waals surface area contributed by atoms with E-state index in [9.17, 15) is 38.4 Å². The molecule has 2 unspecified atom stereocenters. The second kappa shape index (κ2) is 18.7. The van der Waals surface area contributed by atoms with E-state index in [0.29, 0.717) is 40.8 Å². The molecule has 2 saturated heterocycles. The first-order valence-electron chi connectivity index (χ1n) is 19.3. The molecule has 2 atom stereocenters. The summed E-state index contributed by atoms with van der Waals surface area (Å²) in [5.74, 6) is -2.02. The normalized spacial score (nSPS) is 15.8. The van der Waals surface area contributed by atoms with Gasteiger partial charge in [-0.05, 0) is 78.0 Å². The maximum atomic E-state index is 13.1. The standard InChI is InChI=1S/C22H18BrN3O4.C22H18N6O4/c23-14-15-6-8-17(9-7-15)24-12-10-18(21(24)29)25-13-11-19(27)26(22(25)30)20(28)16-4-2-1-3-5-16;23-25-24-14-15-6-8-17(9-7-15)26-12-10-18(21(26)31)27-13-11-19(29)28(22(27)32)20(30)16-4-2-1-3-5-16/h1-9,11,13,18H,10,12,14H2;1-9,11,13,18H,10,12,14H2. The highest BCUT2D eigenvalue weighted by Gasteiger charge is 2.36. The van der Waals surface area contributed by atoms with Crippen LogP contribution >= 0.6 is 15.9 Å². The van der Waals surface area contributed by atoms with Crippen molar-refractivity contribution in [3.05, 3.63) is 208 Å². The number of azide groups is 1. The summed E-state index contributed by atoms with van der Waals surface area (Å²) in [5.41, 5.74) is 8.98. The van der Waals surface area contributed by atoms with Crippen LogP contribution in [-0.2, 0) is 21.5 Å². The summed E-state index contributed by atoms with van der Waals surface area (Å²) >= 11 is 3.39. The van der Waals surface area contributed by atoms with Crippen LogP contribution in [0.25, 0.3) is 10.4 Å². The average molecular weight is 899 g/mol. The Hall–Kier alpha value is -7.69. The van der Waals surface area contributed by atoms with Gasteiger partial charge in [0.05, 0.1) is 6.54 Å². The Morgan fingerprint density at radius 3 is 1.37 bits per heavy atom. The highest BCUT2D eigenvalue weighted by molar-refractivity contribution is 9.08. The maximum absolute atomic E-state index is 13.1. The Morgan fingerprint density at radius 2 is 0.984 bits per heavy atom. The zero-order valence-electron chi connectivity index (χ0n) is 32.8. The molecule has 8 rings (SSSR count). The molecule has 312 valence electrons. The van der Waals surface area contributed by atoms with Crippen molar-refractivity contribution in [1.82, 2.24) is 18.3 Å². The van der Waals surface area contributed by atoms with Crippen LogP contribution in [0, 0.1) is 0 Å². The lowest BCUT2D eigenvalue weighted by Crippen LogP contribution is -2.45. The Morgan fingerprint density at radius 1 is 0.581 bits per heavy atom. The Labute approximate surface area is 360 Å². The molecule has 0 radical (unpaired) electrons. The van der Waals surface area contributed by atoms with E-state index in [-0.39, 0.29) is 29.5 Å². The minimum atomic E-state index is -0.851. The van der Waals surface area contributed by atoms with Crippen LogP contribution < -0.4 is 32.3 Å². The number of nitrogens with zero attached hydrogens (tertiary/aromatic N) is 9. The minimum absolute atomic E-state index is 0.199. The van der Waals surface area contributed by atoms with Gasteiger partial charge in [0.25, 0.3) is 22.9 Å². The van der Waals surface area contributed by atoms with Gasteiger partial charge in [0, 0.05) is 70.4 Å². The lowest BCUT2D eigenvalue weighted by molar-refractivity contribution is -0.120. The van der Waals surface area contributed by atoms with Crippen molar-refractivity contribution in [1.29, 1.82) is 0 Å². The fourth-order valence-corrected chi connectivity index (χ4v) is 7.64. The van der Waals surface area contributed by atoms with Gasteiger partial charge in [0.15, 0.2) is 0 Å². The maximum Gasteiger partial charge on any atom is 0.338 e. The van der Waals surface area contributed by atoms with Gasteiger partial charge in [-0.1, -0.05) is 81.7 Å². The molecule has 2 fully saturated rings. The molecule has 2 aliphatic rings. The summed E-state index contributed by atoms with van der Waals surface area (Å²) in [6.07, 6.45) is 3.29. The lowest BCUT2D eigenvalue weighted by atomic mass is 10.2. The lowest BCUT2D eigenvalue weighted by Gasteiger charge is -2.18. The molecule has 62 heavy (non-hydrogen) atoms. The summed E-state index contributed by atoms with van der Waals surface area (Å²) in [4.78, 5) is 108. The van der Waals surface area contributed by atoms with Crippen molar-refractivity contribution < 1.29 is 19.2 Å². The molecule has 2 aliphatic heterocycles. The fourth-order valence-electron chi connectivity index (χ4n) is 7.27. The molecule has 0 N–H and O–H groups in total. The number of rotatable bonds is 9. The van der Waals surface area contributed by atoms with Crippen molar-refractivity contribution >= 4 is 50.9 Å². The second-order valence-corrected chi connectivity index (χ2v) is 14.7. The monoisotopic (exact) mass is 897 g/mol. The number of aromatic nitrogens is 4. The van der Waals surface area contributed by atoms with Crippen LogP contribution in [0.4, 0.5) is 11.4 Å². The summed E-state index contributed by atoms with van der Waals surface area (Å²) in [7, 11) is 0. The number of hydrogen-bond acceptors (Lipinski definition) is 9. The van der Waals surface area contributed by atoms with Gasteiger partial charge >= 0.3 is 11.4 Å². The zero-order valence-corrected chi connectivity index (χ0v) is 34.4. The Balaban J connectivity index is 0.000000187. The van der Waals surface area contributed by atoms with Gasteiger partial charge < -0.3 is 9.80 Å². The Kier molecular flexibility index (Phi) is 12.8. The van der Waals surface area contributed by atoms with Crippen molar-refractivity contribution in [2.75, 3.05) is 22.9 Å². The van der Waals surface area contributed by atoms with E-state index in [1.165, 1.54) is 41.2 Å². The predicted octanol–water partition coefficient (Wildman–Crippen LogP) is 5.06. The van der Waals surface area contributed by atoms with Crippen LogP contribution in [0.15, 0.2) is 158 Å². The topological polar surface area (TPSA) is 212 Å². The first kappa shape index (κ1) is 42.4. The van der Waals surface area contributed by atoms with Crippen molar-refractivity contribution in [3.63, 3.8) is 0 Å². The average Bonchev–Trinajstić information content (AvgIpc) is 3.88. The van der Waals surface area contributed by atoms with E-state index in [0.717, 1.165) is 38.8 Å². The van der Waals surface area contributed by atoms with Crippen LogP contribution in [0.2, 0.25) is 0 Å². The molecular weight excluding hydrogens is 862 g/mol. The molecular formula is C44H36BrN9O8. The van der Waals surface area contributed by atoms with E-state index in [1.807, 2.05) is 24.3 Å². The number of anilines is 2. The van der Waals surface area contributed by atoms with E-state index in [2.05, 4.69) is 26.0 Å². The van der Waals surface area contributed by atoms with Gasteiger partial charge in [0.1, 0.15) is 12.1 Å². The molecule has 0 spiro atoms. The molecule has 4 aromatic carbocycles. The quantitative estimate of drug-likeness (QED) is 0.0827. The van der Waals surface area contributed by atoms with E-state index in [4.69, 9.17) is 5.53 Å². The van der Waals surface area contributed by atoms with E-state index < -0.39 is 46.4 Å². The molecule has 0 bridgehead atoms. The first-order chi connectivity index (χ1) is 30.0. The number of benzene rings is 4. The van der Waals surface area contributed by atoms with Gasteiger partial charge in [-0.2, -0.15) is 9.13 Å². The van der Waals surface area contributed by atoms with Gasteiger partial charge in [-0.25, -0.2) is 9.59 Å². The van der Waals surface area contributed by atoms with Gasteiger partial charge in [0.2, 0.25) is 11.8 Å². The van der Waals surface area contributed by atoms with Crippen molar-refractivity contribution in [3.8, 4) is 0 Å². The Bertz CT molecular complexity index is 2960. The number of carbonyl (C=O) groups is 4. The van der Waals surface area contributed by atoms with Crippen LogP contribution in [0.3, 0.4) is 0 Å². The van der Waals surface area contributed by atoms with E-state index in [1.54, 1.807) is 70.5 Å². The van der Waals surface area contributed by atoms with Crippen LogP contribution in [0.5, 0.6) is 0 Å². The SMILES string of the molecule is O=C1C(n2ccc(=O)n(C(=O)c3ccccc3)c2=O)CCN1c1ccc(CBr)cc1.[N-]=[N+]=NCc1ccc(N2CCC(n3ccc(=O)n(C(=O)c4ccccc4)c3=O)C2=O)cc1. The molecule has 6 aromatic rings. The summed E-state index contributed by atoms with van der Waals surface area (Å²) in [6.45, 7) is 1.02. The molecule has 0 saturated carbocycles. The van der Waals surface area contributed by atoms with Crippen LogP contribution in [0.1, 0.15) is 56.8 Å². The summed E-state index contributed by atoms with van der Waals surface area (Å²) in [5, 5.41) is 4.22. The largest absolute Gasteiger partial charge is 0.338 e.